The molecule has 1 saturated heterocycles. The molecule has 2 aromatic rings. The van der Waals surface area contributed by atoms with Crippen LogP contribution in [0.1, 0.15) is 29.8 Å². The van der Waals surface area contributed by atoms with Gasteiger partial charge in [0.2, 0.25) is 5.91 Å². The number of imide groups is 1. The Hall–Kier alpha value is -2.38. The fraction of sp³-hybridized carbons (Fsp3) is 0.316. The third kappa shape index (κ3) is 4.62. The largest absolute Gasteiger partial charge is 0.490 e. The van der Waals surface area contributed by atoms with Crippen LogP contribution in [-0.2, 0) is 17.6 Å². The molecule has 0 saturated carbocycles. The smallest absolute Gasteiger partial charge is 0.286 e. The van der Waals surface area contributed by atoms with Crippen molar-refractivity contribution in [2.75, 3.05) is 6.61 Å². The Labute approximate surface area is 156 Å². The summed E-state index contributed by atoms with van der Waals surface area (Å²) >= 11 is 1.02. The Morgan fingerprint density at radius 1 is 1.19 bits per heavy atom. The first-order valence-electron chi connectivity index (χ1n) is 8.41. The van der Waals surface area contributed by atoms with Crippen LogP contribution in [0.4, 0.5) is 4.79 Å². The van der Waals surface area contributed by atoms with E-state index in [-0.39, 0.29) is 23.0 Å². The molecule has 26 heavy (non-hydrogen) atoms. The first-order valence-corrected chi connectivity index (χ1v) is 9.29. The van der Waals surface area contributed by atoms with Crippen molar-refractivity contribution in [2.45, 2.75) is 31.1 Å². The highest BCUT2D eigenvalue weighted by Gasteiger charge is 2.31. The highest BCUT2D eigenvalue weighted by Crippen LogP contribution is 2.24. The molecular weight excluding hydrogens is 352 g/mol. The van der Waals surface area contributed by atoms with E-state index < -0.39 is 6.10 Å². The Kier molecular flexibility index (Phi) is 5.90. The van der Waals surface area contributed by atoms with E-state index in [0.29, 0.717) is 17.9 Å². The maximum Gasteiger partial charge on any atom is 0.286 e. The van der Waals surface area contributed by atoms with Crippen LogP contribution in [0, 0.1) is 0 Å². The molecule has 6 nitrogen and oxygen atoms in total. The van der Waals surface area contributed by atoms with Gasteiger partial charge in [-0.2, -0.15) is 0 Å². The highest BCUT2D eigenvalue weighted by atomic mass is 32.2. The Balaban J connectivity index is 1.52. The number of aliphatic hydroxyl groups is 1. The van der Waals surface area contributed by atoms with Crippen LogP contribution in [0.25, 0.3) is 0 Å². The van der Waals surface area contributed by atoms with Gasteiger partial charge in [0.1, 0.15) is 18.5 Å². The van der Waals surface area contributed by atoms with Crippen molar-refractivity contribution >= 4 is 22.9 Å². The standard InChI is InChI=1S/C19H20N2O4S/c1-2-12-5-8-15(20-10-12)16(22)11-25-14-6-3-13(4-7-14)9-17-18(23)21-19(24)26-17/h3-8,10,16-17,22H,2,9,11H2,1H3,(H,21,23,24)/t16-,17-/m0/s1. The third-order valence-electron chi connectivity index (χ3n) is 4.12. The van der Waals surface area contributed by atoms with E-state index in [2.05, 4.69) is 17.2 Å². The van der Waals surface area contributed by atoms with E-state index in [1.54, 1.807) is 18.3 Å². The third-order valence-corrected chi connectivity index (χ3v) is 5.10. The molecule has 1 aromatic heterocycles. The SMILES string of the molecule is CCc1ccc([C@@H](O)COc2ccc(C[C@@H]3SC(=O)NC3=O)cc2)nc1. The van der Waals surface area contributed by atoms with Crippen LogP contribution in [0.3, 0.4) is 0 Å². The molecule has 1 aliphatic rings. The zero-order chi connectivity index (χ0) is 18.5. The van der Waals surface area contributed by atoms with Crippen LogP contribution in [0.2, 0.25) is 0 Å². The number of aliphatic hydroxyl groups excluding tert-OH is 1. The second kappa shape index (κ2) is 8.33. The number of hydrogen-bond acceptors (Lipinski definition) is 6. The van der Waals surface area contributed by atoms with Crippen LogP contribution < -0.4 is 10.1 Å². The maximum absolute atomic E-state index is 11.6. The van der Waals surface area contributed by atoms with E-state index in [0.717, 1.165) is 29.3 Å². The number of thioether (sulfide) groups is 1. The molecule has 2 heterocycles. The predicted molar refractivity (Wildman–Crippen MR) is 99.1 cm³/mol. The molecule has 2 N–H and O–H groups in total. The number of ether oxygens (including phenoxy) is 1. The van der Waals surface area contributed by atoms with E-state index in [1.807, 2.05) is 24.3 Å². The lowest BCUT2D eigenvalue weighted by Crippen LogP contribution is -2.25. The number of carbonyl (C=O) groups excluding carboxylic acids is 2. The van der Waals surface area contributed by atoms with Crippen molar-refractivity contribution < 1.29 is 19.4 Å². The Bertz CT molecular complexity index is 777. The number of carbonyl (C=O) groups is 2. The van der Waals surface area contributed by atoms with Gasteiger partial charge in [0.25, 0.3) is 5.24 Å². The fourth-order valence-corrected chi connectivity index (χ4v) is 3.43. The van der Waals surface area contributed by atoms with Crippen LogP contribution in [0.15, 0.2) is 42.6 Å². The van der Waals surface area contributed by atoms with E-state index in [1.165, 1.54) is 0 Å². The van der Waals surface area contributed by atoms with Gasteiger partial charge in [-0.1, -0.05) is 36.9 Å². The summed E-state index contributed by atoms with van der Waals surface area (Å²) in [5.74, 6) is 0.377. The molecule has 1 aromatic carbocycles. The zero-order valence-electron chi connectivity index (χ0n) is 14.3. The van der Waals surface area contributed by atoms with Gasteiger partial charge in [-0.15, -0.1) is 0 Å². The number of aryl methyl sites for hydroxylation is 1. The van der Waals surface area contributed by atoms with Crippen molar-refractivity contribution in [3.63, 3.8) is 0 Å². The summed E-state index contributed by atoms with van der Waals surface area (Å²) in [5, 5.41) is 11.8. The maximum atomic E-state index is 11.6. The normalized spacial score (nSPS) is 17.8. The Morgan fingerprint density at radius 3 is 2.50 bits per heavy atom. The molecule has 136 valence electrons. The second-order valence-corrected chi connectivity index (χ2v) is 7.18. The zero-order valence-corrected chi connectivity index (χ0v) is 15.2. The van der Waals surface area contributed by atoms with Gasteiger partial charge in [0.15, 0.2) is 0 Å². The number of amides is 2. The number of benzene rings is 1. The summed E-state index contributed by atoms with van der Waals surface area (Å²) in [5.41, 5.74) is 2.64. The molecule has 0 radical (unpaired) electrons. The minimum absolute atomic E-state index is 0.104. The summed E-state index contributed by atoms with van der Waals surface area (Å²) in [7, 11) is 0. The number of hydrogen-bond donors (Lipinski definition) is 2. The van der Waals surface area contributed by atoms with Gasteiger partial charge >= 0.3 is 0 Å². The molecule has 1 aliphatic heterocycles. The lowest BCUT2D eigenvalue weighted by molar-refractivity contribution is -0.118. The Morgan fingerprint density at radius 2 is 1.92 bits per heavy atom. The lowest BCUT2D eigenvalue weighted by atomic mass is 10.1. The first kappa shape index (κ1) is 18.4. The second-order valence-electron chi connectivity index (χ2n) is 6.00. The van der Waals surface area contributed by atoms with Crippen molar-refractivity contribution in [3.8, 4) is 5.75 Å². The summed E-state index contributed by atoms with van der Waals surface area (Å²) < 4.78 is 5.61. The van der Waals surface area contributed by atoms with Gasteiger partial charge in [-0.3, -0.25) is 19.9 Å². The van der Waals surface area contributed by atoms with Gasteiger partial charge < -0.3 is 9.84 Å². The molecular formula is C19H20N2O4S. The summed E-state index contributed by atoms with van der Waals surface area (Å²) in [4.78, 5) is 27.0. The van der Waals surface area contributed by atoms with E-state index in [9.17, 15) is 14.7 Å². The average molecular weight is 372 g/mol. The van der Waals surface area contributed by atoms with Crippen molar-refractivity contribution in [1.82, 2.24) is 10.3 Å². The minimum Gasteiger partial charge on any atom is -0.490 e. The van der Waals surface area contributed by atoms with Gasteiger partial charge in [0, 0.05) is 6.20 Å². The highest BCUT2D eigenvalue weighted by molar-refractivity contribution is 8.15. The molecule has 0 bridgehead atoms. The van der Waals surface area contributed by atoms with Crippen LogP contribution in [-0.4, -0.2) is 33.1 Å². The predicted octanol–water partition coefficient (Wildman–Crippen LogP) is 2.65. The fourth-order valence-electron chi connectivity index (χ4n) is 2.57. The summed E-state index contributed by atoms with van der Waals surface area (Å²) in [6, 6.07) is 11.0. The lowest BCUT2D eigenvalue weighted by Gasteiger charge is -2.13. The monoisotopic (exact) mass is 372 g/mol. The summed E-state index contributed by atoms with van der Waals surface area (Å²) in [6.07, 6.45) is 2.35. The van der Waals surface area contributed by atoms with E-state index >= 15 is 0 Å². The van der Waals surface area contributed by atoms with Crippen molar-refractivity contribution in [1.29, 1.82) is 0 Å². The first-order chi connectivity index (χ1) is 12.5. The topological polar surface area (TPSA) is 88.5 Å². The summed E-state index contributed by atoms with van der Waals surface area (Å²) in [6.45, 7) is 2.16. The minimum atomic E-state index is -0.801. The molecule has 1 fully saturated rings. The van der Waals surface area contributed by atoms with Crippen molar-refractivity contribution in [3.05, 3.63) is 59.4 Å². The number of pyridine rings is 1. The molecule has 7 heteroatoms. The molecule has 0 unspecified atom stereocenters. The number of rotatable bonds is 7. The van der Waals surface area contributed by atoms with E-state index in [4.69, 9.17) is 4.74 Å². The van der Waals surface area contributed by atoms with Crippen molar-refractivity contribution in [2.24, 2.45) is 0 Å². The molecule has 2 amide bonds. The number of nitrogens with one attached hydrogen (secondary N) is 1. The molecule has 0 aliphatic carbocycles. The van der Waals surface area contributed by atoms with Gasteiger partial charge in [-0.25, -0.2) is 0 Å². The number of nitrogens with zero attached hydrogens (tertiary/aromatic N) is 1. The average Bonchev–Trinajstić information content (AvgIpc) is 2.98. The van der Waals surface area contributed by atoms with Gasteiger partial charge in [0.05, 0.1) is 10.9 Å². The van der Waals surface area contributed by atoms with Crippen LogP contribution >= 0.6 is 11.8 Å². The quantitative estimate of drug-likeness (QED) is 0.777. The molecule has 0 spiro atoms. The van der Waals surface area contributed by atoms with Crippen LogP contribution in [0.5, 0.6) is 5.75 Å². The molecule has 3 rings (SSSR count). The van der Waals surface area contributed by atoms with Gasteiger partial charge in [-0.05, 0) is 42.2 Å². The molecule has 2 atom stereocenters. The number of aromatic nitrogens is 1.